The molecule has 1 aliphatic rings. The number of hydrogen-bond donors (Lipinski definition) is 1. The maximum absolute atomic E-state index is 12.6. The molecule has 0 radical (unpaired) electrons. The Balaban J connectivity index is 2.24. The van der Waals surface area contributed by atoms with Crippen LogP contribution in [0.4, 0.5) is 0 Å². The molecule has 20 heavy (non-hydrogen) atoms. The molecule has 0 aromatic carbocycles. The van der Waals surface area contributed by atoms with E-state index in [2.05, 4.69) is 0 Å². The number of rotatable bonds is 5. The zero-order valence-electron chi connectivity index (χ0n) is 11.7. The number of carbonyl (C=O) groups excluding carboxylic acids is 1. The molecule has 6 nitrogen and oxygen atoms in total. The Bertz CT molecular complexity index is 496. The number of hydrogen-bond acceptors (Lipinski definition) is 4. The van der Waals surface area contributed by atoms with Gasteiger partial charge in [0.2, 0.25) is 0 Å². The second-order valence-corrected chi connectivity index (χ2v) is 4.98. The van der Waals surface area contributed by atoms with Crippen molar-refractivity contribution in [3.05, 3.63) is 23.7 Å². The molecule has 2 heterocycles. The van der Waals surface area contributed by atoms with E-state index >= 15 is 0 Å². The molecule has 1 fully saturated rings. The second kappa shape index (κ2) is 6.09. The Kier molecular flexibility index (Phi) is 4.44. The Morgan fingerprint density at radius 3 is 2.75 bits per heavy atom. The van der Waals surface area contributed by atoms with Gasteiger partial charge in [-0.15, -0.1) is 0 Å². The smallest absolute Gasteiger partial charge is 0.311 e. The Labute approximate surface area is 117 Å². The predicted octanol–water partition coefficient (Wildman–Crippen LogP) is 1.54. The van der Waals surface area contributed by atoms with Gasteiger partial charge in [-0.2, -0.15) is 0 Å². The highest BCUT2D eigenvalue weighted by molar-refractivity contribution is 5.93. The van der Waals surface area contributed by atoms with Crippen LogP contribution in [-0.2, 0) is 9.53 Å². The van der Waals surface area contributed by atoms with Gasteiger partial charge in [0.05, 0.1) is 25.5 Å². The third-order valence-electron chi connectivity index (χ3n) is 3.55. The maximum Gasteiger partial charge on any atom is 0.311 e. The zero-order valence-corrected chi connectivity index (χ0v) is 11.7. The van der Waals surface area contributed by atoms with Crippen LogP contribution >= 0.6 is 0 Å². The summed E-state index contributed by atoms with van der Waals surface area (Å²) < 4.78 is 10.5. The molecule has 2 rings (SSSR count). The van der Waals surface area contributed by atoms with Crippen molar-refractivity contribution in [1.82, 2.24) is 4.90 Å². The first-order valence-electron chi connectivity index (χ1n) is 6.71. The molecular weight excluding hydrogens is 262 g/mol. The van der Waals surface area contributed by atoms with Gasteiger partial charge >= 0.3 is 5.97 Å². The zero-order chi connectivity index (χ0) is 14.7. The molecule has 110 valence electrons. The van der Waals surface area contributed by atoms with Gasteiger partial charge in [-0.3, -0.25) is 9.59 Å². The third-order valence-corrected chi connectivity index (χ3v) is 3.55. The number of furan rings is 1. The first kappa shape index (κ1) is 14.6. The standard InChI is InChI=1S/C14H19NO5/c1-3-5-15(11-8-19-7-10(11)14(17)18)13(16)12-9(2)4-6-20-12/h4,6,10-11H,3,5,7-8H2,1-2H3,(H,17,18). The highest BCUT2D eigenvalue weighted by Crippen LogP contribution is 2.23. The normalized spacial score (nSPS) is 21.9. The van der Waals surface area contributed by atoms with Crippen LogP contribution in [0.2, 0.25) is 0 Å². The van der Waals surface area contributed by atoms with Crippen molar-refractivity contribution in [2.45, 2.75) is 26.3 Å². The molecule has 1 aliphatic heterocycles. The Morgan fingerprint density at radius 1 is 1.45 bits per heavy atom. The fourth-order valence-corrected chi connectivity index (χ4v) is 2.47. The van der Waals surface area contributed by atoms with Gasteiger partial charge in [-0.1, -0.05) is 6.92 Å². The van der Waals surface area contributed by atoms with Crippen LogP contribution in [0.1, 0.15) is 29.5 Å². The lowest BCUT2D eigenvalue weighted by atomic mass is 10.0. The summed E-state index contributed by atoms with van der Waals surface area (Å²) >= 11 is 0. The maximum atomic E-state index is 12.6. The van der Waals surface area contributed by atoms with Crippen molar-refractivity contribution in [3.8, 4) is 0 Å². The number of aryl methyl sites for hydroxylation is 1. The summed E-state index contributed by atoms with van der Waals surface area (Å²) in [7, 11) is 0. The van der Waals surface area contributed by atoms with Crippen molar-refractivity contribution in [2.75, 3.05) is 19.8 Å². The average Bonchev–Trinajstić information content (AvgIpc) is 3.03. The summed E-state index contributed by atoms with van der Waals surface area (Å²) in [6.07, 6.45) is 2.21. The molecule has 2 atom stereocenters. The summed E-state index contributed by atoms with van der Waals surface area (Å²) in [6, 6.07) is 1.28. The summed E-state index contributed by atoms with van der Waals surface area (Å²) in [5.74, 6) is -1.61. The Hall–Kier alpha value is -1.82. The number of carboxylic acid groups (broad SMARTS) is 1. The molecule has 1 aromatic heterocycles. The van der Waals surface area contributed by atoms with Crippen molar-refractivity contribution in [2.24, 2.45) is 5.92 Å². The largest absolute Gasteiger partial charge is 0.481 e. The number of carboxylic acids is 1. The lowest BCUT2D eigenvalue weighted by Gasteiger charge is -2.29. The number of carbonyl (C=O) groups is 2. The van der Waals surface area contributed by atoms with Crippen LogP contribution in [0, 0.1) is 12.8 Å². The van der Waals surface area contributed by atoms with Gasteiger partial charge < -0.3 is 19.2 Å². The summed E-state index contributed by atoms with van der Waals surface area (Å²) in [4.78, 5) is 25.4. The highest BCUT2D eigenvalue weighted by Gasteiger charge is 2.40. The van der Waals surface area contributed by atoms with Crippen molar-refractivity contribution in [3.63, 3.8) is 0 Å². The average molecular weight is 281 g/mol. The third kappa shape index (κ3) is 2.70. The molecule has 1 aromatic rings. The highest BCUT2D eigenvalue weighted by atomic mass is 16.5. The topological polar surface area (TPSA) is 80.0 Å². The fraction of sp³-hybridized carbons (Fsp3) is 0.571. The van der Waals surface area contributed by atoms with Crippen LogP contribution in [0.5, 0.6) is 0 Å². The van der Waals surface area contributed by atoms with Crippen LogP contribution in [-0.4, -0.2) is 47.7 Å². The SMILES string of the molecule is CCCN(C(=O)c1occc1C)C1COCC1C(=O)O. The summed E-state index contributed by atoms with van der Waals surface area (Å²) in [5.41, 5.74) is 0.752. The second-order valence-electron chi connectivity index (χ2n) is 4.98. The fourth-order valence-electron chi connectivity index (χ4n) is 2.47. The van der Waals surface area contributed by atoms with Crippen LogP contribution in [0.25, 0.3) is 0 Å². The molecule has 0 aliphatic carbocycles. The minimum absolute atomic E-state index is 0.143. The lowest BCUT2D eigenvalue weighted by Crippen LogP contribution is -2.47. The quantitative estimate of drug-likeness (QED) is 0.885. The monoisotopic (exact) mass is 281 g/mol. The predicted molar refractivity (Wildman–Crippen MR) is 70.5 cm³/mol. The molecule has 0 bridgehead atoms. The van der Waals surface area contributed by atoms with Crippen molar-refractivity contribution < 1.29 is 23.8 Å². The molecule has 6 heteroatoms. The number of amides is 1. The minimum atomic E-state index is -0.933. The first-order valence-corrected chi connectivity index (χ1v) is 6.71. The lowest BCUT2D eigenvalue weighted by molar-refractivity contribution is -0.142. The molecule has 2 unspecified atom stereocenters. The van der Waals surface area contributed by atoms with E-state index in [1.807, 2.05) is 6.92 Å². The van der Waals surface area contributed by atoms with E-state index in [4.69, 9.17) is 9.15 Å². The molecular formula is C14H19NO5. The molecule has 1 saturated heterocycles. The molecule has 0 spiro atoms. The van der Waals surface area contributed by atoms with E-state index in [9.17, 15) is 14.7 Å². The van der Waals surface area contributed by atoms with E-state index in [1.54, 1.807) is 17.9 Å². The van der Waals surface area contributed by atoms with Gasteiger partial charge in [0.25, 0.3) is 5.91 Å². The molecule has 1 N–H and O–H groups in total. The van der Waals surface area contributed by atoms with Gasteiger partial charge in [-0.05, 0) is 19.4 Å². The summed E-state index contributed by atoms with van der Waals surface area (Å²) in [5, 5.41) is 9.23. The number of nitrogens with zero attached hydrogens (tertiary/aromatic N) is 1. The molecule has 1 amide bonds. The van der Waals surface area contributed by atoms with Crippen LogP contribution < -0.4 is 0 Å². The van der Waals surface area contributed by atoms with Gasteiger partial charge in [-0.25, -0.2) is 0 Å². The van der Waals surface area contributed by atoms with Crippen LogP contribution in [0.3, 0.4) is 0 Å². The van der Waals surface area contributed by atoms with E-state index < -0.39 is 17.9 Å². The van der Waals surface area contributed by atoms with Crippen LogP contribution in [0.15, 0.2) is 16.7 Å². The Morgan fingerprint density at radius 2 is 2.20 bits per heavy atom. The van der Waals surface area contributed by atoms with E-state index in [0.717, 1.165) is 12.0 Å². The minimum Gasteiger partial charge on any atom is -0.481 e. The van der Waals surface area contributed by atoms with E-state index in [1.165, 1.54) is 6.26 Å². The first-order chi connectivity index (χ1) is 9.56. The van der Waals surface area contributed by atoms with Crippen molar-refractivity contribution in [1.29, 1.82) is 0 Å². The number of ether oxygens (including phenoxy) is 1. The van der Waals surface area contributed by atoms with Crippen molar-refractivity contribution >= 4 is 11.9 Å². The van der Waals surface area contributed by atoms with E-state index in [-0.39, 0.29) is 24.9 Å². The van der Waals surface area contributed by atoms with E-state index in [0.29, 0.717) is 6.54 Å². The summed E-state index contributed by atoms with van der Waals surface area (Å²) in [6.45, 7) is 4.62. The van der Waals surface area contributed by atoms with Gasteiger partial charge in [0.1, 0.15) is 5.92 Å². The van der Waals surface area contributed by atoms with Gasteiger partial charge in [0.15, 0.2) is 5.76 Å². The molecule has 0 saturated carbocycles. The van der Waals surface area contributed by atoms with Gasteiger partial charge in [0, 0.05) is 12.1 Å². The number of aliphatic carboxylic acids is 1.